The average Bonchev–Trinajstić information content (AvgIpc) is 2.23. The Bertz CT molecular complexity index is 197. The van der Waals surface area contributed by atoms with E-state index in [-0.39, 0.29) is 0 Å². The molecule has 0 aliphatic rings. The van der Waals surface area contributed by atoms with Gasteiger partial charge < -0.3 is 16.7 Å². The Morgan fingerprint density at radius 2 is 1.56 bits per heavy atom. The fourth-order valence-corrected chi connectivity index (χ4v) is 2.51. The van der Waals surface area contributed by atoms with Crippen molar-refractivity contribution in [1.82, 2.24) is 0 Å². The highest BCUT2D eigenvalue weighted by Crippen LogP contribution is 2.14. The molecule has 0 bridgehead atoms. The van der Waals surface area contributed by atoms with Crippen LogP contribution in [0, 0.1) is 0 Å². The monoisotopic (exact) mass is 279 g/mol. The molecule has 0 saturated heterocycles. The van der Waals surface area contributed by atoms with E-state index in [4.69, 9.17) is 25.0 Å². The summed E-state index contributed by atoms with van der Waals surface area (Å²) in [5.41, 5.74) is 0. The number of quaternary nitrogens is 1. The van der Waals surface area contributed by atoms with Crippen LogP contribution in [0.1, 0.15) is 58.8 Å². The van der Waals surface area contributed by atoms with Crippen molar-refractivity contribution < 1.29 is 3.89 Å². The molecule has 1 unspecified atom stereocenters. The van der Waals surface area contributed by atoms with Crippen molar-refractivity contribution in [2.24, 2.45) is 0 Å². The average molecular weight is 280 g/mol. The maximum atomic E-state index is 5.55. The normalized spacial score (nSPS) is 14.8. The maximum absolute atomic E-state index is 5.55. The van der Waals surface area contributed by atoms with E-state index in [0.29, 0.717) is 8.21 Å². The molecule has 0 aromatic rings. The number of nitrogens with zero attached hydrogens (tertiary/aromatic N) is 1. The third-order valence-electron chi connectivity index (χ3n) is 2.81. The summed E-state index contributed by atoms with van der Waals surface area (Å²) in [6.07, 6.45) is 8.86. The van der Waals surface area contributed by atoms with Crippen molar-refractivity contribution in [3.05, 3.63) is 0 Å². The van der Waals surface area contributed by atoms with E-state index in [1.54, 1.807) is 0 Å². The third-order valence-corrected chi connectivity index (χ3v) is 4.34. The molecular formula is C12H25NS3. The lowest BCUT2D eigenvalue weighted by Gasteiger charge is -2.42. The second-order valence-electron chi connectivity index (χ2n) is 4.39. The van der Waals surface area contributed by atoms with Gasteiger partial charge >= 0.3 is 0 Å². The number of rotatable bonds is 9. The zero-order valence-corrected chi connectivity index (χ0v) is 13.1. The topological polar surface area (TPSA) is 0 Å². The lowest BCUT2D eigenvalue weighted by Crippen LogP contribution is -2.45. The van der Waals surface area contributed by atoms with Crippen LogP contribution < -0.4 is 0 Å². The minimum absolute atomic E-state index is 0.447. The molecule has 0 N–H and O–H groups in total. The van der Waals surface area contributed by atoms with Gasteiger partial charge in [0.2, 0.25) is 4.32 Å². The van der Waals surface area contributed by atoms with Crippen LogP contribution in [-0.4, -0.2) is 21.3 Å². The summed E-state index contributed by atoms with van der Waals surface area (Å²) >= 11 is 15.0. The van der Waals surface area contributed by atoms with E-state index < -0.39 is 0 Å². The molecule has 0 rings (SSSR count). The number of thiol groups is 1. The minimum atomic E-state index is 0.447. The molecular weight excluding hydrogens is 254 g/mol. The van der Waals surface area contributed by atoms with Crippen LogP contribution in [0.4, 0.5) is 0 Å². The minimum Gasteiger partial charge on any atom is -0.486 e. The standard InChI is InChI=1S/C12H25NS3/c1-3-5-6-7-8-9-11-13(16,10-4-2)12(14)15/h3-11H2,1-2H3,(H,14,15). The van der Waals surface area contributed by atoms with Gasteiger partial charge in [0.25, 0.3) is 0 Å². The van der Waals surface area contributed by atoms with Gasteiger partial charge in [-0.25, -0.2) is 0 Å². The van der Waals surface area contributed by atoms with Crippen LogP contribution in [0.5, 0.6) is 0 Å². The van der Waals surface area contributed by atoms with Crippen LogP contribution in [0.3, 0.4) is 0 Å². The summed E-state index contributed by atoms with van der Waals surface area (Å²) in [6.45, 7) is 6.29. The first kappa shape index (κ1) is 16.8. The highest BCUT2D eigenvalue weighted by molar-refractivity contribution is 8.10. The molecule has 0 amide bonds. The molecule has 0 heterocycles. The molecule has 0 spiro atoms. The molecule has 0 aliphatic heterocycles. The highest BCUT2D eigenvalue weighted by atomic mass is 32.1. The molecule has 0 saturated carbocycles. The van der Waals surface area contributed by atoms with Gasteiger partial charge in [-0.05, 0) is 31.5 Å². The van der Waals surface area contributed by atoms with E-state index in [0.717, 1.165) is 19.5 Å². The van der Waals surface area contributed by atoms with Gasteiger partial charge in [0, 0.05) is 0 Å². The largest absolute Gasteiger partial charge is 0.486 e. The summed E-state index contributed by atoms with van der Waals surface area (Å²) in [4.78, 5) is 0. The molecule has 0 aromatic carbocycles. The molecule has 1 atom stereocenters. The Balaban J connectivity index is 3.73. The Labute approximate surface area is 118 Å². The summed E-state index contributed by atoms with van der Waals surface area (Å²) in [7, 11) is 0. The van der Waals surface area contributed by atoms with E-state index in [2.05, 4.69) is 26.5 Å². The van der Waals surface area contributed by atoms with Crippen LogP contribution >= 0.6 is 24.8 Å². The molecule has 0 aromatic heterocycles. The molecule has 4 heteroatoms. The zero-order chi connectivity index (χ0) is 12.4. The quantitative estimate of drug-likeness (QED) is 0.220. The van der Waals surface area contributed by atoms with Gasteiger partial charge in [-0.1, -0.05) is 52.2 Å². The van der Waals surface area contributed by atoms with E-state index in [1.807, 2.05) is 0 Å². The summed E-state index contributed by atoms with van der Waals surface area (Å²) in [6, 6.07) is 0. The molecule has 0 fully saturated rings. The van der Waals surface area contributed by atoms with Gasteiger partial charge in [-0.15, -0.1) is 0 Å². The lowest BCUT2D eigenvalue weighted by molar-refractivity contribution is -0.691. The van der Waals surface area contributed by atoms with Gasteiger partial charge in [-0.2, -0.15) is 0 Å². The van der Waals surface area contributed by atoms with Crippen LogP contribution in [0.15, 0.2) is 0 Å². The van der Waals surface area contributed by atoms with E-state index >= 15 is 0 Å². The second kappa shape index (κ2) is 9.75. The smallest absolute Gasteiger partial charge is 0.212 e. The highest BCUT2D eigenvalue weighted by Gasteiger charge is 2.16. The molecule has 16 heavy (non-hydrogen) atoms. The lowest BCUT2D eigenvalue weighted by atomic mass is 10.1. The fraction of sp³-hybridized carbons (Fsp3) is 0.917. The third kappa shape index (κ3) is 7.15. The maximum Gasteiger partial charge on any atom is 0.212 e. The first-order valence-corrected chi connectivity index (χ1v) is 7.60. The number of hydrogen-bond donors (Lipinski definition) is 1. The predicted octanol–water partition coefficient (Wildman–Crippen LogP) is 4.25. The number of thiocarbonyl (C=S) groups is 1. The van der Waals surface area contributed by atoms with Gasteiger partial charge in [0.05, 0.1) is 13.1 Å². The first-order valence-electron chi connectivity index (χ1n) is 6.38. The Kier molecular flexibility index (Phi) is 10.2. The van der Waals surface area contributed by atoms with Crippen molar-refractivity contribution in [3.63, 3.8) is 0 Å². The second-order valence-corrected chi connectivity index (χ2v) is 6.20. The predicted molar refractivity (Wildman–Crippen MR) is 82.6 cm³/mol. The number of hydrogen-bond acceptors (Lipinski definition) is 2. The zero-order valence-electron chi connectivity index (χ0n) is 10.6. The summed E-state index contributed by atoms with van der Waals surface area (Å²) < 4.78 is 1.10. The van der Waals surface area contributed by atoms with Crippen LogP contribution in [0.2, 0.25) is 0 Å². The Morgan fingerprint density at radius 1 is 1.00 bits per heavy atom. The van der Waals surface area contributed by atoms with Crippen LogP contribution in [0.25, 0.3) is 0 Å². The first-order chi connectivity index (χ1) is 7.56. The molecule has 1 nitrogen and oxygen atoms in total. The van der Waals surface area contributed by atoms with Crippen molar-refractivity contribution in [3.8, 4) is 0 Å². The van der Waals surface area contributed by atoms with E-state index in [1.165, 1.54) is 38.5 Å². The SMILES string of the molecule is CCCCCCCC[N+]([S-])(CCC)C(=S)S. The van der Waals surface area contributed by atoms with Crippen molar-refractivity contribution in [2.45, 2.75) is 58.8 Å². The van der Waals surface area contributed by atoms with Gasteiger partial charge in [0.1, 0.15) is 0 Å². The van der Waals surface area contributed by atoms with E-state index in [9.17, 15) is 0 Å². The van der Waals surface area contributed by atoms with Crippen molar-refractivity contribution in [1.29, 1.82) is 0 Å². The Morgan fingerprint density at radius 3 is 2.06 bits per heavy atom. The van der Waals surface area contributed by atoms with Gasteiger partial charge in [0.15, 0.2) is 0 Å². The number of unbranched alkanes of at least 4 members (excludes halogenated alkanes) is 5. The van der Waals surface area contributed by atoms with Crippen LogP contribution in [-0.2, 0) is 12.8 Å². The fourth-order valence-electron chi connectivity index (χ4n) is 1.81. The molecule has 96 valence electrons. The molecule has 0 radical (unpaired) electrons. The van der Waals surface area contributed by atoms with Gasteiger partial charge in [-0.3, -0.25) is 0 Å². The Hall–Kier alpha value is 0.750. The van der Waals surface area contributed by atoms with Crippen molar-refractivity contribution >= 4 is 42.0 Å². The summed E-state index contributed by atoms with van der Waals surface area (Å²) in [5, 5.41) is 0. The molecule has 0 aliphatic carbocycles. The summed E-state index contributed by atoms with van der Waals surface area (Å²) in [5.74, 6) is 0. The van der Waals surface area contributed by atoms with Crippen molar-refractivity contribution in [2.75, 3.05) is 13.1 Å².